The van der Waals surface area contributed by atoms with Gasteiger partial charge in [-0.25, -0.2) is 26.3 Å². The molecule has 0 atom stereocenters. The molecule has 0 spiro atoms. The van der Waals surface area contributed by atoms with Crippen molar-refractivity contribution in [3.63, 3.8) is 0 Å². The SMILES string of the molecule is CC(=O)CC(C(=O)Oc1c(F)c(F)c(F)c(F)c1F)C(=O)Oc1c(F)c(F)c(F)c(F)c1F. The second-order valence-electron chi connectivity index (χ2n) is 6.10. The lowest BCUT2D eigenvalue weighted by Crippen LogP contribution is -2.34. The molecule has 2 aromatic rings. The number of carbonyl (C=O) groups is 3. The van der Waals surface area contributed by atoms with E-state index in [0.29, 0.717) is 6.92 Å². The lowest BCUT2D eigenvalue weighted by molar-refractivity contribution is -0.153. The number of Topliss-reactive ketones (excluding diaryl/α,β-unsaturated/α-hetero) is 1. The van der Waals surface area contributed by atoms with Crippen LogP contribution in [0.15, 0.2) is 0 Å². The predicted molar refractivity (Wildman–Crippen MR) is 82.5 cm³/mol. The molecule has 2 rings (SSSR count). The minimum Gasteiger partial charge on any atom is -0.419 e. The second-order valence-corrected chi connectivity index (χ2v) is 6.10. The molecule has 5 nitrogen and oxygen atoms in total. The first-order valence-corrected chi connectivity index (χ1v) is 8.16. The maximum atomic E-state index is 13.7. The van der Waals surface area contributed by atoms with E-state index in [2.05, 4.69) is 9.47 Å². The fourth-order valence-electron chi connectivity index (χ4n) is 2.24. The van der Waals surface area contributed by atoms with Crippen LogP contribution >= 0.6 is 0 Å². The van der Waals surface area contributed by atoms with Gasteiger partial charge in [0.25, 0.3) is 0 Å². The third-order valence-electron chi connectivity index (χ3n) is 3.80. The van der Waals surface area contributed by atoms with E-state index in [-0.39, 0.29) is 0 Å². The summed E-state index contributed by atoms with van der Waals surface area (Å²) in [6, 6.07) is 0. The lowest BCUT2D eigenvalue weighted by atomic mass is 10.0. The first-order valence-electron chi connectivity index (χ1n) is 8.16. The number of esters is 2. The minimum absolute atomic E-state index is 0.713. The van der Waals surface area contributed by atoms with Gasteiger partial charge in [0.05, 0.1) is 0 Å². The fourth-order valence-corrected chi connectivity index (χ4v) is 2.24. The van der Waals surface area contributed by atoms with Crippen LogP contribution < -0.4 is 9.47 Å². The Kier molecular flexibility index (Phi) is 7.34. The molecule has 0 aromatic heterocycles. The maximum Gasteiger partial charge on any atom is 0.326 e. The summed E-state index contributed by atoms with van der Waals surface area (Å²) in [5.41, 5.74) is 0. The van der Waals surface area contributed by atoms with Crippen molar-refractivity contribution in [3.8, 4) is 11.5 Å². The Hall–Kier alpha value is -3.65. The molecule has 33 heavy (non-hydrogen) atoms. The van der Waals surface area contributed by atoms with Crippen molar-refractivity contribution < 1.29 is 67.8 Å². The molecule has 0 N–H and O–H groups in total. The Balaban J connectivity index is 2.45. The van der Waals surface area contributed by atoms with Gasteiger partial charge in [0.2, 0.25) is 69.7 Å². The van der Waals surface area contributed by atoms with E-state index in [1.54, 1.807) is 0 Å². The number of benzene rings is 2. The molecule has 0 radical (unpaired) electrons. The highest BCUT2D eigenvalue weighted by Gasteiger charge is 2.37. The predicted octanol–water partition coefficient (Wildman–Crippen LogP) is 4.18. The second kappa shape index (κ2) is 9.46. The van der Waals surface area contributed by atoms with E-state index < -0.39 is 99.7 Å². The average molecular weight is 492 g/mol. The van der Waals surface area contributed by atoms with Crippen molar-refractivity contribution in [2.75, 3.05) is 0 Å². The van der Waals surface area contributed by atoms with Gasteiger partial charge in [-0.05, 0) is 6.92 Å². The van der Waals surface area contributed by atoms with Gasteiger partial charge in [0, 0.05) is 6.42 Å². The molecule has 0 amide bonds. The molecule has 0 bridgehead atoms. The number of hydrogen-bond acceptors (Lipinski definition) is 5. The van der Waals surface area contributed by atoms with Crippen LogP contribution in [0.3, 0.4) is 0 Å². The highest BCUT2D eigenvalue weighted by atomic mass is 19.2. The van der Waals surface area contributed by atoms with Crippen LogP contribution in [-0.2, 0) is 14.4 Å². The van der Waals surface area contributed by atoms with Gasteiger partial charge in [-0.2, -0.15) is 17.6 Å². The topological polar surface area (TPSA) is 69.7 Å². The van der Waals surface area contributed by atoms with Crippen LogP contribution in [-0.4, -0.2) is 17.7 Å². The molecule has 0 heterocycles. The van der Waals surface area contributed by atoms with Gasteiger partial charge in [-0.15, -0.1) is 0 Å². The van der Waals surface area contributed by atoms with E-state index >= 15 is 0 Å². The number of rotatable bonds is 6. The molecular formula is C18H6F10O5. The third-order valence-corrected chi connectivity index (χ3v) is 3.80. The van der Waals surface area contributed by atoms with Crippen molar-refractivity contribution in [1.82, 2.24) is 0 Å². The number of ether oxygens (including phenoxy) is 2. The Morgan fingerprint density at radius 3 is 1.03 bits per heavy atom. The summed E-state index contributed by atoms with van der Waals surface area (Å²) in [5, 5.41) is 0. The highest BCUT2D eigenvalue weighted by Crippen LogP contribution is 2.32. The quantitative estimate of drug-likeness (QED) is 0.151. The Labute approximate surface area is 175 Å². The molecule has 0 unspecified atom stereocenters. The van der Waals surface area contributed by atoms with E-state index in [1.807, 2.05) is 0 Å². The average Bonchev–Trinajstić information content (AvgIpc) is 2.77. The van der Waals surface area contributed by atoms with Gasteiger partial charge < -0.3 is 9.47 Å². The van der Waals surface area contributed by atoms with Crippen molar-refractivity contribution in [1.29, 1.82) is 0 Å². The zero-order valence-electron chi connectivity index (χ0n) is 15.6. The Bertz CT molecular complexity index is 1040. The van der Waals surface area contributed by atoms with E-state index in [0.717, 1.165) is 0 Å². The number of ketones is 1. The summed E-state index contributed by atoms with van der Waals surface area (Å²) >= 11 is 0. The molecule has 0 aliphatic heterocycles. The van der Waals surface area contributed by atoms with E-state index in [4.69, 9.17) is 0 Å². The molecule has 178 valence electrons. The summed E-state index contributed by atoms with van der Waals surface area (Å²) in [4.78, 5) is 35.5. The highest BCUT2D eigenvalue weighted by molar-refractivity contribution is 6.00. The summed E-state index contributed by atoms with van der Waals surface area (Å²) in [6.45, 7) is 0.713. The Morgan fingerprint density at radius 1 is 0.545 bits per heavy atom. The van der Waals surface area contributed by atoms with Crippen LogP contribution in [0.1, 0.15) is 13.3 Å². The zero-order valence-corrected chi connectivity index (χ0v) is 15.6. The fraction of sp³-hybridized carbons (Fsp3) is 0.167. The van der Waals surface area contributed by atoms with Crippen molar-refractivity contribution >= 4 is 17.7 Å². The van der Waals surface area contributed by atoms with Crippen molar-refractivity contribution in [2.24, 2.45) is 5.92 Å². The molecule has 0 saturated heterocycles. The normalized spacial score (nSPS) is 11.0. The molecule has 0 aliphatic carbocycles. The molecule has 0 fully saturated rings. The molecule has 2 aromatic carbocycles. The van der Waals surface area contributed by atoms with Gasteiger partial charge in [-0.1, -0.05) is 0 Å². The minimum atomic E-state index is -2.69. The first kappa shape index (κ1) is 25.6. The number of hydrogen-bond donors (Lipinski definition) is 0. The van der Waals surface area contributed by atoms with Gasteiger partial charge in [0.15, 0.2) is 5.92 Å². The van der Waals surface area contributed by atoms with Crippen molar-refractivity contribution in [2.45, 2.75) is 13.3 Å². The third kappa shape index (κ3) is 4.75. The summed E-state index contributed by atoms with van der Waals surface area (Å²) < 4.78 is 142. The van der Waals surface area contributed by atoms with Gasteiger partial charge in [0.1, 0.15) is 5.78 Å². The van der Waals surface area contributed by atoms with E-state index in [1.165, 1.54) is 0 Å². The smallest absolute Gasteiger partial charge is 0.326 e. The zero-order chi connectivity index (χ0) is 25.4. The Morgan fingerprint density at radius 2 is 0.788 bits per heavy atom. The van der Waals surface area contributed by atoms with E-state index in [9.17, 15) is 58.3 Å². The van der Waals surface area contributed by atoms with Crippen LogP contribution in [0, 0.1) is 64.1 Å². The number of carbonyl (C=O) groups excluding carboxylic acids is 3. The van der Waals surface area contributed by atoms with Crippen LogP contribution in [0.2, 0.25) is 0 Å². The van der Waals surface area contributed by atoms with Crippen LogP contribution in [0.4, 0.5) is 43.9 Å². The van der Waals surface area contributed by atoms with Gasteiger partial charge in [-0.3, -0.25) is 14.4 Å². The maximum absolute atomic E-state index is 13.7. The van der Waals surface area contributed by atoms with Gasteiger partial charge >= 0.3 is 11.9 Å². The lowest BCUT2D eigenvalue weighted by Gasteiger charge is -2.16. The standard InChI is InChI=1S/C18H6F10O5/c1-3(29)2-4(17(30)32-15-11(25)7(21)5(19)8(22)12(15)26)18(31)33-16-13(27)9(23)6(20)10(24)14(16)28/h4H,2H2,1H3. The van der Waals surface area contributed by atoms with Crippen LogP contribution in [0.25, 0.3) is 0 Å². The largest absolute Gasteiger partial charge is 0.419 e. The summed E-state index contributed by atoms with van der Waals surface area (Å²) in [5.74, 6) is -38.7. The summed E-state index contributed by atoms with van der Waals surface area (Å²) in [6.07, 6.45) is -1.29. The van der Waals surface area contributed by atoms with Crippen molar-refractivity contribution in [3.05, 3.63) is 58.2 Å². The number of halogens is 10. The monoisotopic (exact) mass is 492 g/mol. The molecule has 15 heteroatoms. The van der Waals surface area contributed by atoms with Crippen LogP contribution in [0.5, 0.6) is 11.5 Å². The first-order chi connectivity index (χ1) is 15.2. The molecule has 0 saturated carbocycles. The molecule has 0 aliphatic rings. The summed E-state index contributed by atoms with van der Waals surface area (Å²) in [7, 11) is 0. The molecular weight excluding hydrogens is 486 g/mol.